The van der Waals surface area contributed by atoms with Crippen molar-refractivity contribution in [1.29, 1.82) is 0 Å². The molecule has 0 aromatic heterocycles. The molecule has 1 unspecified atom stereocenters. The van der Waals surface area contributed by atoms with E-state index in [0.717, 1.165) is 0 Å². The van der Waals surface area contributed by atoms with Crippen molar-refractivity contribution in [3.63, 3.8) is 0 Å². The largest absolute Gasteiger partial charge is 0.328 e. The van der Waals surface area contributed by atoms with E-state index < -0.39 is 0 Å². The predicted octanol–water partition coefficient (Wildman–Crippen LogP) is 2.17. The standard InChI is InChI=1S/C11H15N.ClH/c1-8(12)11-6-9-4-2-3-5-10(9)7-11;/h2-5,8,11H,6-7,12H2,1H3;1H. The monoisotopic (exact) mass is 197 g/mol. The molecule has 13 heavy (non-hydrogen) atoms. The molecule has 1 aromatic rings. The highest BCUT2D eigenvalue weighted by Gasteiger charge is 2.23. The molecule has 0 amide bonds. The predicted molar refractivity (Wildman–Crippen MR) is 58.2 cm³/mol. The first-order valence-corrected chi connectivity index (χ1v) is 4.59. The smallest absolute Gasteiger partial charge is 0.00451 e. The summed E-state index contributed by atoms with van der Waals surface area (Å²) in [6.07, 6.45) is 2.35. The van der Waals surface area contributed by atoms with Crippen LogP contribution in [0.4, 0.5) is 0 Å². The zero-order valence-corrected chi connectivity index (χ0v) is 8.68. The second-order valence-corrected chi connectivity index (χ2v) is 3.80. The summed E-state index contributed by atoms with van der Waals surface area (Å²) >= 11 is 0. The number of benzene rings is 1. The molecule has 1 aliphatic carbocycles. The average Bonchev–Trinajstić information content (AvgIpc) is 2.46. The zero-order valence-electron chi connectivity index (χ0n) is 7.86. The molecule has 72 valence electrons. The van der Waals surface area contributed by atoms with Crippen molar-refractivity contribution in [2.45, 2.75) is 25.8 Å². The van der Waals surface area contributed by atoms with Crippen LogP contribution in [0.5, 0.6) is 0 Å². The van der Waals surface area contributed by atoms with Gasteiger partial charge in [-0.25, -0.2) is 0 Å². The van der Waals surface area contributed by atoms with Crippen molar-refractivity contribution in [2.75, 3.05) is 0 Å². The first-order valence-electron chi connectivity index (χ1n) is 4.59. The van der Waals surface area contributed by atoms with Gasteiger partial charge in [-0.1, -0.05) is 24.3 Å². The molecular weight excluding hydrogens is 182 g/mol. The lowest BCUT2D eigenvalue weighted by Crippen LogP contribution is -2.26. The van der Waals surface area contributed by atoms with E-state index in [0.29, 0.717) is 12.0 Å². The summed E-state index contributed by atoms with van der Waals surface area (Å²) in [5.41, 5.74) is 8.88. The Morgan fingerprint density at radius 2 is 1.69 bits per heavy atom. The average molecular weight is 198 g/mol. The van der Waals surface area contributed by atoms with E-state index >= 15 is 0 Å². The van der Waals surface area contributed by atoms with Crippen LogP contribution in [-0.4, -0.2) is 6.04 Å². The normalized spacial score (nSPS) is 17.7. The Morgan fingerprint density at radius 1 is 1.23 bits per heavy atom. The van der Waals surface area contributed by atoms with Crippen LogP contribution in [-0.2, 0) is 12.8 Å². The van der Waals surface area contributed by atoms with Gasteiger partial charge in [-0.15, -0.1) is 12.4 Å². The Hall–Kier alpha value is -0.530. The van der Waals surface area contributed by atoms with E-state index in [2.05, 4.69) is 31.2 Å². The number of rotatable bonds is 1. The fourth-order valence-corrected chi connectivity index (χ4v) is 1.96. The summed E-state index contributed by atoms with van der Waals surface area (Å²) in [4.78, 5) is 0. The molecule has 1 aromatic carbocycles. The summed E-state index contributed by atoms with van der Waals surface area (Å²) in [5, 5.41) is 0. The number of hydrogen-bond acceptors (Lipinski definition) is 1. The minimum Gasteiger partial charge on any atom is -0.328 e. The molecule has 2 heteroatoms. The van der Waals surface area contributed by atoms with Gasteiger partial charge in [-0.05, 0) is 36.8 Å². The number of halogens is 1. The van der Waals surface area contributed by atoms with E-state index in [1.54, 1.807) is 0 Å². The summed E-state index contributed by atoms with van der Waals surface area (Å²) in [7, 11) is 0. The second-order valence-electron chi connectivity index (χ2n) is 3.80. The van der Waals surface area contributed by atoms with Gasteiger partial charge in [0.1, 0.15) is 0 Å². The molecule has 1 atom stereocenters. The van der Waals surface area contributed by atoms with Crippen molar-refractivity contribution >= 4 is 12.4 Å². The number of fused-ring (bicyclic) bond motifs is 1. The van der Waals surface area contributed by atoms with Gasteiger partial charge < -0.3 is 5.73 Å². The van der Waals surface area contributed by atoms with Crippen molar-refractivity contribution in [3.8, 4) is 0 Å². The van der Waals surface area contributed by atoms with Gasteiger partial charge in [0, 0.05) is 6.04 Å². The lowest BCUT2D eigenvalue weighted by atomic mass is 9.99. The van der Waals surface area contributed by atoms with Crippen LogP contribution in [0.25, 0.3) is 0 Å². The van der Waals surface area contributed by atoms with Crippen LogP contribution in [0.3, 0.4) is 0 Å². The van der Waals surface area contributed by atoms with Crippen LogP contribution >= 0.6 is 12.4 Å². The van der Waals surface area contributed by atoms with Crippen molar-refractivity contribution in [2.24, 2.45) is 11.7 Å². The Morgan fingerprint density at radius 3 is 2.08 bits per heavy atom. The Kier molecular flexibility index (Phi) is 3.34. The van der Waals surface area contributed by atoms with E-state index in [-0.39, 0.29) is 12.4 Å². The third-order valence-corrected chi connectivity index (χ3v) is 2.83. The highest BCUT2D eigenvalue weighted by Crippen LogP contribution is 2.27. The highest BCUT2D eigenvalue weighted by molar-refractivity contribution is 5.85. The number of nitrogens with two attached hydrogens (primary N) is 1. The quantitative estimate of drug-likeness (QED) is 0.734. The third kappa shape index (κ3) is 2.04. The molecule has 0 saturated carbocycles. The molecule has 1 aliphatic rings. The molecule has 0 fully saturated rings. The van der Waals surface area contributed by atoms with Crippen LogP contribution in [0, 0.1) is 5.92 Å². The lowest BCUT2D eigenvalue weighted by Gasteiger charge is -2.12. The maximum Gasteiger partial charge on any atom is 0.00451 e. The lowest BCUT2D eigenvalue weighted by molar-refractivity contribution is 0.467. The van der Waals surface area contributed by atoms with Crippen molar-refractivity contribution < 1.29 is 0 Å². The summed E-state index contributed by atoms with van der Waals surface area (Å²) < 4.78 is 0. The molecule has 0 bridgehead atoms. The first kappa shape index (κ1) is 10.6. The summed E-state index contributed by atoms with van der Waals surface area (Å²) in [5.74, 6) is 0.669. The number of hydrogen-bond donors (Lipinski definition) is 1. The van der Waals surface area contributed by atoms with Crippen LogP contribution in [0.15, 0.2) is 24.3 Å². The van der Waals surface area contributed by atoms with E-state index in [1.807, 2.05) is 0 Å². The van der Waals surface area contributed by atoms with Crippen LogP contribution < -0.4 is 5.73 Å². The molecule has 0 spiro atoms. The third-order valence-electron chi connectivity index (χ3n) is 2.83. The molecule has 2 N–H and O–H groups in total. The molecule has 0 radical (unpaired) electrons. The summed E-state index contributed by atoms with van der Waals surface area (Å²) in [6, 6.07) is 9.00. The molecule has 0 aliphatic heterocycles. The van der Waals surface area contributed by atoms with Gasteiger partial charge in [-0.2, -0.15) is 0 Å². The van der Waals surface area contributed by atoms with Crippen LogP contribution in [0.1, 0.15) is 18.1 Å². The Balaban J connectivity index is 0.000000845. The topological polar surface area (TPSA) is 26.0 Å². The van der Waals surface area contributed by atoms with Crippen molar-refractivity contribution in [3.05, 3.63) is 35.4 Å². The molecular formula is C11H16ClN. The first-order chi connectivity index (χ1) is 5.77. The van der Waals surface area contributed by atoms with Gasteiger partial charge in [0.05, 0.1) is 0 Å². The van der Waals surface area contributed by atoms with E-state index in [1.165, 1.54) is 24.0 Å². The molecule has 1 nitrogen and oxygen atoms in total. The minimum absolute atomic E-state index is 0. The Bertz CT molecular complexity index is 258. The molecule has 0 heterocycles. The fourth-order valence-electron chi connectivity index (χ4n) is 1.96. The van der Waals surface area contributed by atoms with Gasteiger partial charge in [0.25, 0.3) is 0 Å². The van der Waals surface area contributed by atoms with Crippen molar-refractivity contribution in [1.82, 2.24) is 0 Å². The van der Waals surface area contributed by atoms with Crippen LogP contribution in [0.2, 0.25) is 0 Å². The van der Waals surface area contributed by atoms with E-state index in [9.17, 15) is 0 Å². The highest BCUT2D eigenvalue weighted by atomic mass is 35.5. The molecule has 2 rings (SSSR count). The van der Waals surface area contributed by atoms with Gasteiger partial charge in [0.2, 0.25) is 0 Å². The van der Waals surface area contributed by atoms with E-state index in [4.69, 9.17) is 5.73 Å². The van der Waals surface area contributed by atoms with Gasteiger partial charge in [-0.3, -0.25) is 0 Å². The Labute approximate surface area is 85.7 Å². The SMILES string of the molecule is CC(N)C1Cc2ccccc2C1.Cl. The van der Waals surface area contributed by atoms with Gasteiger partial charge >= 0.3 is 0 Å². The zero-order chi connectivity index (χ0) is 8.55. The maximum absolute atomic E-state index is 5.88. The minimum atomic E-state index is 0. The fraction of sp³-hybridized carbons (Fsp3) is 0.455. The summed E-state index contributed by atoms with van der Waals surface area (Å²) in [6.45, 7) is 2.11. The van der Waals surface area contributed by atoms with Gasteiger partial charge in [0.15, 0.2) is 0 Å². The maximum atomic E-state index is 5.88. The second kappa shape index (κ2) is 4.12. The molecule has 0 saturated heterocycles.